The highest BCUT2D eigenvalue weighted by Gasteiger charge is 2.56. The molecule has 0 aromatic carbocycles. The second-order valence-corrected chi connectivity index (χ2v) is 18.5. The molecule has 2 aliphatic carbocycles. The molecule has 0 bridgehead atoms. The van der Waals surface area contributed by atoms with Crippen LogP contribution in [0, 0.1) is 40.4 Å². The smallest absolute Gasteiger partial charge is 0.258 e. The summed E-state index contributed by atoms with van der Waals surface area (Å²) >= 11 is 0. The summed E-state index contributed by atoms with van der Waals surface area (Å²) in [4.78, 5) is 27.3. The van der Waals surface area contributed by atoms with E-state index in [0.717, 1.165) is 30.5 Å². The number of carbonyl (C=O) groups excluding carboxylic acids is 2. The highest BCUT2D eigenvalue weighted by atomic mass is 16.3. The third-order valence-electron chi connectivity index (χ3n) is 14.1. The minimum absolute atomic E-state index is 0.0283. The molecule has 0 spiro atoms. The third kappa shape index (κ3) is 12.3. The number of rotatable bonds is 19. The van der Waals surface area contributed by atoms with Crippen molar-refractivity contribution in [1.82, 2.24) is 10.2 Å². The number of Topliss-reactive ketones (excluding diaryl/α,β-unsaturated/α-hetero) is 1. The van der Waals surface area contributed by atoms with Crippen LogP contribution in [-0.2, 0) is 9.59 Å². The first kappa shape index (κ1) is 50.0. The van der Waals surface area contributed by atoms with Crippen molar-refractivity contribution in [3.63, 3.8) is 0 Å². The van der Waals surface area contributed by atoms with Gasteiger partial charge in [-0.3, -0.25) is 15.0 Å². The van der Waals surface area contributed by atoms with Crippen LogP contribution in [0.25, 0.3) is 0 Å². The summed E-state index contributed by atoms with van der Waals surface area (Å²) in [5, 5.41) is 97.4. The lowest BCUT2D eigenvalue weighted by atomic mass is 9.51. The summed E-state index contributed by atoms with van der Waals surface area (Å²) in [6.45, 7) is 11.6. The van der Waals surface area contributed by atoms with Crippen LogP contribution in [0.15, 0.2) is 70.6 Å². The van der Waals surface area contributed by atoms with Crippen LogP contribution in [0.3, 0.4) is 0 Å². The number of nitrogens with zero attached hydrogens (tertiary/aromatic N) is 1. The summed E-state index contributed by atoms with van der Waals surface area (Å²) in [5.74, 6) is -3.02. The maximum absolute atomic E-state index is 12.8. The number of nitrogens with two attached hydrogens (primary N) is 1. The zero-order chi connectivity index (χ0) is 45.3. The van der Waals surface area contributed by atoms with E-state index >= 15 is 0 Å². The molecular weight excluding hydrogens is 781 g/mol. The number of aliphatic hydroxyl groups excluding tert-OH is 8. The van der Waals surface area contributed by atoms with Gasteiger partial charge in [0.05, 0.1) is 49.3 Å². The molecule has 1 amide bonds. The van der Waals surface area contributed by atoms with E-state index in [1.54, 1.807) is 44.2 Å². The van der Waals surface area contributed by atoms with Gasteiger partial charge in [0.1, 0.15) is 11.3 Å². The van der Waals surface area contributed by atoms with Crippen molar-refractivity contribution in [1.29, 1.82) is 5.41 Å². The molecule has 1 saturated carbocycles. The second kappa shape index (κ2) is 22.1. The minimum atomic E-state index is -1.08. The van der Waals surface area contributed by atoms with Crippen LogP contribution in [-0.4, -0.2) is 125 Å². The number of fused-ring (bicyclic) bond motifs is 1. The van der Waals surface area contributed by atoms with E-state index < -0.39 is 65.8 Å². The largest absolute Gasteiger partial charge is 0.511 e. The first-order chi connectivity index (χ1) is 28.7. The molecule has 3 fully saturated rings. The SMILES string of the molecule is CC1=CC2C(O)C(O)CCC2C(C)(C(O)=C2C(=O)CNC2=O)C1CCC(C)C(O)/C(C)=C/CC(O)/C=C/C(C)C(O)/C=C/CC(O)/C(C)=C/CC(O)CC1CCCN1C(=N)N. The Morgan fingerprint density at radius 1 is 1.00 bits per heavy atom. The summed E-state index contributed by atoms with van der Waals surface area (Å²) in [6, 6.07) is 0.0491. The zero-order valence-electron chi connectivity index (χ0n) is 37.0. The lowest BCUT2D eigenvalue weighted by molar-refractivity contribution is -0.118. The van der Waals surface area contributed by atoms with E-state index in [1.807, 2.05) is 44.7 Å². The number of likely N-dealkylation sites (tertiary alicyclic amines) is 1. The van der Waals surface area contributed by atoms with Crippen molar-refractivity contribution in [3.05, 3.63) is 70.6 Å². The van der Waals surface area contributed by atoms with Crippen LogP contribution in [0.4, 0.5) is 0 Å². The van der Waals surface area contributed by atoms with E-state index in [1.165, 1.54) is 0 Å². The van der Waals surface area contributed by atoms with Gasteiger partial charge < -0.3 is 56.8 Å². The Morgan fingerprint density at radius 2 is 1.69 bits per heavy atom. The molecule has 0 aromatic rings. The predicted molar refractivity (Wildman–Crippen MR) is 235 cm³/mol. The van der Waals surface area contributed by atoms with Crippen molar-refractivity contribution in [3.8, 4) is 0 Å². The van der Waals surface area contributed by atoms with Crippen LogP contribution in [0.1, 0.15) is 106 Å². The third-order valence-corrected chi connectivity index (χ3v) is 14.1. The van der Waals surface area contributed by atoms with Gasteiger partial charge in [-0.05, 0) is 114 Å². The van der Waals surface area contributed by atoms with Crippen LogP contribution in [0.5, 0.6) is 0 Å². The molecule has 342 valence electrons. The van der Waals surface area contributed by atoms with E-state index in [0.29, 0.717) is 44.1 Å². The maximum atomic E-state index is 12.8. The van der Waals surface area contributed by atoms with Gasteiger partial charge >= 0.3 is 0 Å². The first-order valence-corrected chi connectivity index (χ1v) is 22.2. The Morgan fingerprint density at radius 3 is 2.34 bits per heavy atom. The number of carbonyl (C=O) groups is 2. The Hall–Kier alpha value is -3.63. The molecule has 14 atom stereocenters. The van der Waals surface area contributed by atoms with Gasteiger partial charge in [0.25, 0.3) is 5.91 Å². The van der Waals surface area contributed by atoms with Gasteiger partial charge in [-0.1, -0.05) is 68.9 Å². The van der Waals surface area contributed by atoms with Crippen LogP contribution >= 0.6 is 0 Å². The fraction of sp³-hybridized carbons (Fsp3) is 0.681. The topological polar surface area (TPSA) is 261 Å². The molecule has 14 nitrogen and oxygen atoms in total. The molecule has 2 saturated heterocycles. The highest BCUT2D eigenvalue weighted by molar-refractivity contribution is 6.25. The predicted octanol–water partition coefficient (Wildman–Crippen LogP) is 3.61. The Kier molecular flexibility index (Phi) is 18.1. The van der Waals surface area contributed by atoms with Gasteiger partial charge in [-0.25, -0.2) is 0 Å². The lowest BCUT2D eigenvalue weighted by Crippen LogP contribution is -2.53. The molecule has 4 aliphatic rings. The molecule has 14 unspecified atom stereocenters. The number of ketones is 1. The van der Waals surface area contributed by atoms with Crippen molar-refractivity contribution in [2.45, 2.75) is 155 Å². The number of nitrogens with one attached hydrogen (secondary N) is 2. The van der Waals surface area contributed by atoms with E-state index in [-0.39, 0.29) is 66.4 Å². The van der Waals surface area contributed by atoms with Gasteiger partial charge in [-0.2, -0.15) is 0 Å². The van der Waals surface area contributed by atoms with E-state index in [4.69, 9.17) is 11.1 Å². The maximum Gasteiger partial charge on any atom is 0.258 e. The van der Waals surface area contributed by atoms with E-state index in [9.17, 15) is 50.4 Å². The van der Waals surface area contributed by atoms with Crippen LogP contribution < -0.4 is 11.1 Å². The summed E-state index contributed by atoms with van der Waals surface area (Å²) in [5.41, 5.74) is 6.61. The van der Waals surface area contributed by atoms with Crippen molar-refractivity contribution >= 4 is 17.6 Å². The lowest BCUT2D eigenvalue weighted by Gasteiger charge is -2.54. The molecule has 2 aliphatic heterocycles. The van der Waals surface area contributed by atoms with Gasteiger partial charge in [-0.15, -0.1) is 0 Å². The van der Waals surface area contributed by atoms with Crippen molar-refractivity contribution in [2.24, 2.45) is 40.7 Å². The standard InChI is InChI=1S/C47H74N4O10/c1-26(37(54)10-7-11-38(55)27(2)13-18-33(53)24-31-9-8-22-51(31)46(48)49)12-16-32(52)17-14-28(3)42(58)29(4)15-19-35-30(5)23-34-36(20-21-39(56)43(34)59)47(35,6)44(60)41-40(57)25-50-45(41)61/h7,10,12-14,16,23,26,29,31-39,42-43,52-56,58-60H,8-9,11,15,17-22,24-25H2,1-6H3,(H3,48,49)(H,50,61)/b10-7+,16-12+,27-13+,28-14+,44-41?. The first-order valence-electron chi connectivity index (χ1n) is 22.2. The van der Waals surface area contributed by atoms with Gasteiger partial charge in [0.15, 0.2) is 11.7 Å². The zero-order valence-corrected chi connectivity index (χ0v) is 37.0. The molecule has 61 heavy (non-hydrogen) atoms. The van der Waals surface area contributed by atoms with Gasteiger partial charge in [0, 0.05) is 29.8 Å². The fourth-order valence-electron chi connectivity index (χ4n) is 10.0. The Balaban J connectivity index is 1.28. The molecule has 0 radical (unpaired) electrons. The number of amides is 1. The number of hydrogen-bond acceptors (Lipinski definition) is 11. The number of hydrogen-bond donors (Lipinski definition) is 11. The Bertz CT molecular complexity index is 1720. The fourth-order valence-corrected chi connectivity index (χ4v) is 10.0. The minimum Gasteiger partial charge on any atom is -0.511 e. The summed E-state index contributed by atoms with van der Waals surface area (Å²) < 4.78 is 0. The molecule has 2 heterocycles. The highest BCUT2D eigenvalue weighted by Crippen LogP contribution is 2.58. The quantitative estimate of drug-likeness (QED) is 0.0223. The summed E-state index contributed by atoms with van der Waals surface area (Å²) in [6.07, 6.45) is 11.4. The molecule has 14 heteroatoms. The number of aliphatic hydroxyl groups is 8. The van der Waals surface area contributed by atoms with Crippen LogP contribution in [0.2, 0.25) is 0 Å². The monoisotopic (exact) mass is 855 g/mol. The molecule has 12 N–H and O–H groups in total. The number of guanidine groups is 1. The normalized spacial score (nSPS) is 32.0. The summed E-state index contributed by atoms with van der Waals surface area (Å²) in [7, 11) is 0. The average molecular weight is 855 g/mol. The Labute approximate surface area is 361 Å². The average Bonchev–Trinajstić information content (AvgIpc) is 3.83. The van der Waals surface area contributed by atoms with Crippen molar-refractivity contribution in [2.75, 3.05) is 13.1 Å². The molecule has 4 rings (SSSR count). The number of allylic oxidation sites excluding steroid dienone is 2. The molecule has 0 aromatic heterocycles. The molecular formula is C47H74N4O10. The van der Waals surface area contributed by atoms with Gasteiger partial charge in [0.2, 0.25) is 0 Å². The van der Waals surface area contributed by atoms with Crippen molar-refractivity contribution < 1.29 is 50.4 Å². The second-order valence-electron chi connectivity index (χ2n) is 18.5. The van der Waals surface area contributed by atoms with E-state index in [2.05, 4.69) is 5.32 Å².